The minimum atomic E-state index is 0.611. The van der Waals surface area contributed by atoms with Crippen molar-refractivity contribution < 1.29 is 4.74 Å². The second-order valence-electron chi connectivity index (χ2n) is 4.32. The van der Waals surface area contributed by atoms with Gasteiger partial charge in [0, 0.05) is 6.20 Å². The van der Waals surface area contributed by atoms with E-state index in [2.05, 4.69) is 17.3 Å². The van der Waals surface area contributed by atoms with Crippen molar-refractivity contribution in [3.63, 3.8) is 0 Å². The number of rotatable bonds is 3. The summed E-state index contributed by atoms with van der Waals surface area (Å²) >= 11 is 6.07. The smallest absolute Gasteiger partial charge is 0.146 e. The SMILES string of the molecule is COc1cc(/C=C/C2CC2)cn2ncc(Cl)c12. The lowest BCUT2D eigenvalue weighted by Gasteiger charge is -2.05. The van der Waals surface area contributed by atoms with Crippen LogP contribution in [0, 0.1) is 5.92 Å². The first-order valence-electron chi connectivity index (χ1n) is 5.67. The largest absolute Gasteiger partial charge is 0.494 e. The second-order valence-corrected chi connectivity index (χ2v) is 4.73. The van der Waals surface area contributed by atoms with Crippen molar-refractivity contribution in [2.45, 2.75) is 12.8 Å². The number of allylic oxidation sites excluding steroid dienone is 1. The van der Waals surface area contributed by atoms with Crippen LogP contribution >= 0.6 is 11.6 Å². The van der Waals surface area contributed by atoms with Crippen molar-refractivity contribution in [2.24, 2.45) is 5.92 Å². The molecule has 1 fully saturated rings. The molecule has 0 saturated heterocycles. The van der Waals surface area contributed by atoms with Gasteiger partial charge in [-0.05, 0) is 30.4 Å². The molecule has 0 aromatic carbocycles. The fourth-order valence-electron chi connectivity index (χ4n) is 1.85. The number of ether oxygens (including phenoxy) is 1. The Bertz CT molecular complexity index is 584. The predicted octanol–water partition coefficient (Wildman–Crippen LogP) is 3.42. The van der Waals surface area contributed by atoms with Crippen LogP contribution in [0.3, 0.4) is 0 Å². The molecule has 3 rings (SSSR count). The zero-order valence-electron chi connectivity index (χ0n) is 9.56. The zero-order chi connectivity index (χ0) is 11.8. The van der Waals surface area contributed by atoms with Crippen LogP contribution in [0.2, 0.25) is 5.02 Å². The molecule has 4 heteroatoms. The lowest BCUT2D eigenvalue weighted by molar-refractivity contribution is 0.417. The molecule has 0 atom stereocenters. The Kier molecular flexibility index (Phi) is 2.56. The van der Waals surface area contributed by atoms with E-state index in [1.165, 1.54) is 12.8 Å². The van der Waals surface area contributed by atoms with Crippen molar-refractivity contribution in [1.82, 2.24) is 9.61 Å². The highest BCUT2D eigenvalue weighted by molar-refractivity contribution is 6.34. The van der Waals surface area contributed by atoms with Gasteiger partial charge in [-0.25, -0.2) is 4.52 Å². The van der Waals surface area contributed by atoms with E-state index in [1.807, 2.05) is 12.3 Å². The summed E-state index contributed by atoms with van der Waals surface area (Å²) in [6.45, 7) is 0. The first-order chi connectivity index (χ1) is 8.28. The lowest BCUT2D eigenvalue weighted by atomic mass is 10.2. The summed E-state index contributed by atoms with van der Waals surface area (Å²) in [7, 11) is 1.65. The van der Waals surface area contributed by atoms with Crippen LogP contribution < -0.4 is 4.74 Å². The predicted molar refractivity (Wildman–Crippen MR) is 68.5 cm³/mol. The number of fused-ring (bicyclic) bond motifs is 1. The maximum Gasteiger partial charge on any atom is 0.146 e. The van der Waals surface area contributed by atoms with Gasteiger partial charge in [0.05, 0.1) is 18.3 Å². The number of hydrogen-bond acceptors (Lipinski definition) is 2. The van der Waals surface area contributed by atoms with E-state index in [9.17, 15) is 0 Å². The summed E-state index contributed by atoms with van der Waals surface area (Å²) in [5.74, 6) is 1.52. The van der Waals surface area contributed by atoms with Gasteiger partial charge in [-0.15, -0.1) is 0 Å². The van der Waals surface area contributed by atoms with Gasteiger partial charge < -0.3 is 4.74 Å². The fourth-order valence-corrected chi connectivity index (χ4v) is 2.07. The molecule has 2 heterocycles. The molecule has 2 aromatic rings. The monoisotopic (exact) mass is 248 g/mol. The molecule has 0 unspecified atom stereocenters. The first kappa shape index (κ1) is 10.7. The van der Waals surface area contributed by atoms with Crippen molar-refractivity contribution >= 4 is 23.2 Å². The van der Waals surface area contributed by atoms with Crippen LogP contribution in [0.5, 0.6) is 5.75 Å². The summed E-state index contributed by atoms with van der Waals surface area (Å²) < 4.78 is 7.11. The minimum absolute atomic E-state index is 0.611. The highest BCUT2D eigenvalue weighted by Gasteiger charge is 2.17. The Balaban J connectivity index is 2.07. The number of nitrogens with zero attached hydrogens (tertiary/aromatic N) is 2. The van der Waals surface area contributed by atoms with Crippen LogP contribution in [0.1, 0.15) is 18.4 Å². The molecular formula is C13H13ClN2O. The lowest BCUT2D eigenvalue weighted by Crippen LogP contribution is -1.93. The Morgan fingerprint density at radius 3 is 3.06 bits per heavy atom. The fraction of sp³-hybridized carbons (Fsp3) is 0.308. The van der Waals surface area contributed by atoms with Crippen molar-refractivity contribution in [2.75, 3.05) is 7.11 Å². The van der Waals surface area contributed by atoms with Gasteiger partial charge in [0.15, 0.2) is 0 Å². The molecular weight excluding hydrogens is 236 g/mol. The van der Waals surface area contributed by atoms with Crippen LogP contribution in [0.4, 0.5) is 0 Å². The highest BCUT2D eigenvalue weighted by Crippen LogP contribution is 2.32. The highest BCUT2D eigenvalue weighted by atomic mass is 35.5. The van der Waals surface area contributed by atoms with E-state index in [4.69, 9.17) is 16.3 Å². The van der Waals surface area contributed by atoms with E-state index in [-0.39, 0.29) is 0 Å². The number of halogens is 1. The summed E-state index contributed by atoms with van der Waals surface area (Å²) in [5.41, 5.74) is 1.90. The average Bonchev–Trinajstić information content (AvgIpc) is 3.10. The van der Waals surface area contributed by atoms with Gasteiger partial charge >= 0.3 is 0 Å². The Morgan fingerprint density at radius 1 is 1.53 bits per heavy atom. The molecule has 17 heavy (non-hydrogen) atoms. The van der Waals surface area contributed by atoms with Gasteiger partial charge in [-0.3, -0.25) is 0 Å². The molecule has 1 saturated carbocycles. The van der Waals surface area contributed by atoms with Crippen LogP contribution in [0.25, 0.3) is 11.6 Å². The number of aromatic nitrogens is 2. The molecule has 0 bridgehead atoms. The van der Waals surface area contributed by atoms with Gasteiger partial charge in [0.2, 0.25) is 0 Å². The average molecular weight is 249 g/mol. The molecule has 2 aromatic heterocycles. The molecule has 88 valence electrons. The summed E-state index contributed by atoms with van der Waals surface area (Å²) in [6, 6.07) is 1.99. The minimum Gasteiger partial charge on any atom is -0.494 e. The maximum atomic E-state index is 6.07. The Hall–Kier alpha value is -1.48. The van der Waals surface area contributed by atoms with Crippen LogP contribution in [0.15, 0.2) is 24.5 Å². The third-order valence-electron chi connectivity index (χ3n) is 2.96. The Labute approximate surface area is 105 Å². The normalized spacial score (nSPS) is 15.9. The van der Waals surface area contributed by atoms with Gasteiger partial charge in [-0.2, -0.15) is 5.10 Å². The third-order valence-corrected chi connectivity index (χ3v) is 3.23. The van der Waals surface area contributed by atoms with Crippen molar-refractivity contribution in [3.05, 3.63) is 35.1 Å². The summed E-state index contributed by atoms with van der Waals surface area (Å²) in [6.07, 6.45) is 10.6. The number of methoxy groups -OCH3 is 1. The van der Waals surface area contributed by atoms with E-state index in [0.717, 1.165) is 22.7 Å². The molecule has 0 amide bonds. The second kappa shape index (κ2) is 4.08. The van der Waals surface area contributed by atoms with Gasteiger partial charge in [0.25, 0.3) is 0 Å². The van der Waals surface area contributed by atoms with E-state index in [1.54, 1.807) is 17.8 Å². The van der Waals surface area contributed by atoms with Crippen molar-refractivity contribution in [3.8, 4) is 5.75 Å². The summed E-state index contributed by atoms with van der Waals surface area (Å²) in [4.78, 5) is 0. The van der Waals surface area contributed by atoms with Crippen LogP contribution in [-0.2, 0) is 0 Å². The molecule has 0 N–H and O–H groups in total. The van der Waals surface area contributed by atoms with Gasteiger partial charge in [-0.1, -0.05) is 23.8 Å². The topological polar surface area (TPSA) is 26.5 Å². The van der Waals surface area contributed by atoms with E-state index in [0.29, 0.717) is 5.02 Å². The number of pyridine rings is 1. The molecule has 0 radical (unpaired) electrons. The van der Waals surface area contributed by atoms with Gasteiger partial charge in [0.1, 0.15) is 11.3 Å². The molecule has 1 aliphatic rings. The standard InChI is InChI=1S/C13H13ClN2O/c1-17-12-6-10(5-4-9-2-3-9)8-16-13(12)11(14)7-15-16/h4-9H,2-3H2,1H3/b5-4+. The maximum absolute atomic E-state index is 6.07. The molecule has 0 aliphatic heterocycles. The summed E-state index contributed by atoms with van der Waals surface area (Å²) in [5, 5.41) is 4.81. The van der Waals surface area contributed by atoms with Crippen LogP contribution in [-0.4, -0.2) is 16.7 Å². The third kappa shape index (κ3) is 2.03. The van der Waals surface area contributed by atoms with E-state index < -0.39 is 0 Å². The number of hydrogen-bond donors (Lipinski definition) is 0. The molecule has 0 spiro atoms. The Morgan fingerprint density at radius 2 is 2.35 bits per heavy atom. The van der Waals surface area contributed by atoms with E-state index >= 15 is 0 Å². The zero-order valence-corrected chi connectivity index (χ0v) is 10.3. The molecule has 3 nitrogen and oxygen atoms in total. The quantitative estimate of drug-likeness (QED) is 0.832. The van der Waals surface area contributed by atoms with Crippen molar-refractivity contribution in [1.29, 1.82) is 0 Å². The first-order valence-corrected chi connectivity index (χ1v) is 6.05. The molecule has 1 aliphatic carbocycles.